The van der Waals surface area contributed by atoms with E-state index in [9.17, 15) is 0 Å². The van der Waals surface area contributed by atoms with E-state index in [0.717, 1.165) is 64.7 Å². The van der Waals surface area contributed by atoms with Gasteiger partial charge >= 0.3 is 0 Å². The molecular weight excluding hydrogens is 449 g/mol. The summed E-state index contributed by atoms with van der Waals surface area (Å²) in [6.07, 6.45) is 3.99. The highest BCUT2D eigenvalue weighted by Crippen LogP contribution is 2.13. The number of guanidine groups is 1. The molecule has 6 nitrogen and oxygen atoms in total. The first-order valence-corrected chi connectivity index (χ1v) is 9.82. The Morgan fingerprint density at radius 1 is 1.36 bits per heavy atom. The van der Waals surface area contributed by atoms with Gasteiger partial charge in [-0.2, -0.15) is 0 Å². The van der Waals surface area contributed by atoms with Gasteiger partial charge in [-0.1, -0.05) is 6.92 Å². The van der Waals surface area contributed by atoms with Crippen molar-refractivity contribution in [3.8, 4) is 0 Å². The van der Waals surface area contributed by atoms with Gasteiger partial charge in [0.05, 0.1) is 24.8 Å². The molecular formula is C17H32IN5OS. The van der Waals surface area contributed by atoms with Crippen LogP contribution in [0.4, 0.5) is 0 Å². The van der Waals surface area contributed by atoms with E-state index < -0.39 is 0 Å². The maximum atomic E-state index is 5.41. The lowest BCUT2D eigenvalue weighted by atomic mass is 10.2. The molecule has 8 heteroatoms. The summed E-state index contributed by atoms with van der Waals surface area (Å²) in [6, 6.07) is 0.440. The third kappa shape index (κ3) is 8.19. The molecule has 0 radical (unpaired) electrons. The lowest BCUT2D eigenvalue weighted by Gasteiger charge is -2.31. The van der Waals surface area contributed by atoms with Crippen LogP contribution in [0.1, 0.15) is 30.7 Å². The number of rotatable bonds is 8. The van der Waals surface area contributed by atoms with Crippen molar-refractivity contribution in [1.29, 1.82) is 0 Å². The van der Waals surface area contributed by atoms with Crippen molar-refractivity contribution in [3.63, 3.8) is 0 Å². The fourth-order valence-electron chi connectivity index (χ4n) is 2.61. The molecule has 0 spiro atoms. The van der Waals surface area contributed by atoms with Crippen LogP contribution in [0.15, 0.2) is 11.2 Å². The van der Waals surface area contributed by atoms with Crippen LogP contribution in [0.25, 0.3) is 0 Å². The van der Waals surface area contributed by atoms with Gasteiger partial charge in [0.2, 0.25) is 0 Å². The number of morpholine rings is 1. The Balaban J connectivity index is 0.00000312. The van der Waals surface area contributed by atoms with E-state index in [-0.39, 0.29) is 24.0 Å². The highest BCUT2D eigenvalue weighted by molar-refractivity contribution is 14.0. The normalized spacial score (nSPS) is 17.0. The zero-order chi connectivity index (χ0) is 17.2. The summed E-state index contributed by atoms with van der Waals surface area (Å²) < 4.78 is 5.41. The molecule has 25 heavy (non-hydrogen) atoms. The number of nitrogens with one attached hydrogen (secondary N) is 2. The van der Waals surface area contributed by atoms with Crippen molar-refractivity contribution in [2.45, 2.75) is 39.7 Å². The van der Waals surface area contributed by atoms with Gasteiger partial charge in [-0.15, -0.1) is 35.3 Å². The van der Waals surface area contributed by atoms with Gasteiger partial charge in [0.15, 0.2) is 5.96 Å². The first-order chi connectivity index (χ1) is 11.7. The van der Waals surface area contributed by atoms with Crippen LogP contribution in [0.2, 0.25) is 0 Å². The van der Waals surface area contributed by atoms with Gasteiger partial charge in [0, 0.05) is 49.7 Å². The summed E-state index contributed by atoms with van der Waals surface area (Å²) in [5, 5.41) is 7.93. The molecule has 0 saturated carbocycles. The molecule has 1 aromatic rings. The Labute approximate surface area is 172 Å². The van der Waals surface area contributed by atoms with Gasteiger partial charge in [-0.3, -0.25) is 9.89 Å². The smallest absolute Gasteiger partial charge is 0.191 e. The number of halogens is 1. The average molecular weight is 481 g/mol. The average Bonchev–Trinajstić information content (AvgIpc) is 3.08. The second-order valence-electron chi connectivity index (χ2n) is 5.97. The zero-order valence-electron chi connectivity index (χ0n) is 15.6. The molecule has 2 N–H and O–H groups in total. The van der Waals surface area contributed by atoms with E-state index in [1.807, 2.05) is 6.20 Å². The second kappa shape index (κ2) is 12.8. The van der Waals surface area contributed by atoms with Crippen molar-refractivity contribution in [1.82, 2.24) is 20.5 Å². The van der Waals surface area contributed by atoms with Gasteiger partial charge in [0.1, 0.15) is 0 Å². The largest absolute Gasteiger partial charge is 0.379 e. The molecule has 1 fully saturated rings. The minimum Gasteiger partial charge on any atom is -0.379 e. The van der Waals surface area contributed by atoms with Crippen LogP contribution in [0, 0.1) is 0 Å². The summed E-state index contributed by atoms with van der Waals surface area (Å²) >= 11 is 1.81. The van der Waals surface area contributed by atoms with Crippen LogP contribution in [-0.2, 0) is 17.6 Å². The molecule has 0 aliphatic carbocycles. The van der Waals surface area contributed by atoms with Crippen molar-refractivity contribution < 1.29 is 4.74 Å². The van der Waals surface area contributed by atoms with Gasteiger partial charge in [-0.05, 0) is 20.3 Å². The molecule has 1 aliphatic rings. The fraction of sp³-hybridized carbons (Fsp3) is 0.765. The fourth-order valence-corrected chi connectivity index (χ4v) is 3.48. The number of aryl methyl sites for hydroxylation is 1. The van der Waals surface area contributed by atoms with E-state index in [1.165, 1.54) is 9.88 Å². The summed E-state index contributed by atoms with van der Waals surface area (Å²) in [5.74, 6) is 0.893. The summed E-state index contributed by atoms with van der Waals surface area (Å²) in [7, 11) is 0. The Morgan fingerprint density at radius 3 is 2.76 bits per heavy atom. The van der Waals surface area contributed by atoms with Gasteiger partial charge in [-0.25, -0.2) is 4.98 Å². The van der Waals surface area contributed by atoms with Crippen molar-refractivity contribution >= 4 is 41.3 Å². The number of hydrogen-bond acceptors (Lipinski definition) is 5. The van der Waals surface area contributed by atoms with Crippen molar-refractivity contribution in [3.05, 3.63) is 16.1 Å². The highest BCUT2D eigenvalue weighted by atomic mass is 127. The summed E-state index contributed by atoms with van der Waals surface area (Å²) in [4.78, 5) is 13.0. The van der Waals surface area contributed by atoms with Crippen LogP contribution in [0.5, 0.6) is 0 Å². The quantitative estimate of drug-likeness (QED) is 0.339. The number of nitrogens with zero attached hydrogens (tertiary/aromatic N) is 3. The first kappa shape index (κ1) is 22.6. The number of thiazole rings is 1. The van der Waals surface area contributed by atoms with Crippen LogP contribution >= 0.6 is 35.3 Å². The van der Waals surface area contributed by atoms with E-state index in [2.05, 4.69) is 41.3 Å². The number of aromatic nitrogens is 1. The standard InChI is InChI=1S/C17H31N5OS.HI/c1-4-15-13-20-16(24-15)6-7-19-17(18-5-2)21-12-14(3)22-8-10-23-11-9-22;/h13-14H,4-12H2,1-3H3,(H2,18,19,21);1H. The number of ether oxygens (including phenoxy) is 1. The topological polar surface area (TPSA) is 61.8 Å². The Hall–Kier alpha value is -0.450. The maximum absolute atomic E-state index is 5.41. The molecule has 1 atom stereocenters. The van der Waals surface area contributed by atoms with Crippen molar-refractivity contribution in [2.75, 3.05) is 45.9 Å². The molecule has 144 valence electrons. The van der Waals surface area contributed by atoms with E-state index in [0.29, 0.717) is 6.04 Å². The van der Waals surface area contributed by atoms with E-state index in [1.54, 1.807) is 11.3 Å². The molecule has 1 saturated heterocycles. The van der Waals surface area contributed by atoms with Crippen LogP contribution in [0.3, 0.4) is 0 Å². The number of aliphatic imine (C=N–C) groups is 1. The van der Waals surface area contributed by atoms with Gasteiger partial charge < -0.3 is 15.4 Å². The summed E-state index contributed by atoms with van der Waals surface area (Å²) in [6.45, 7) is 12.7. The van der Waals surface area contributed by atoms with Gasteiger partial charge in [0.25, 0.3) is 0 Å². The van der Waals surface area contributed by atoms with Crippen molar-refractivity contribution in [2.24, 2.45) is 4.99 Å². The SMILES string of the molecule is CCNC(=NCC(C)N1CCOCC1)NCCc1ncc(CC)s1.I. The second-order valence-corrected chi connectivity index (χ2v) is 7.17. The molecule has 0 aromatic carbocycles. The number of hydrogen-bond donors (Lipinski definition) is 2. The first-order valence-electron chi connectivity index (χ1n) is 9.00. The van der Waals surface area contributed by atoms with E-state index in [4.69, 9.17) is 9.73 Å². The lowest BCUT2D eigenvalue weighted by Crippen LogP contribution is -2.44. The summed E-state index contributed by atoms with van der Waals surface area (Å²) in [5.41, 5.74) is 0. The minimum atomic E-state index is 0. The predicted molar refractivity (Wildman–Crippen MR) is 116 cm³/mol. The molecule has 0 bridgehead atoms. The van der Waals surface area contributed by atoms with Crippen LogP contribution < -0.4 is 10.6 Å². The van der Waals surface area contributed by atoms with Crippen LogP contribution in [-0.4, -0.2) is 67.8 Å². The molecule has 2 heterocycles. The monoisotopic (exact) mass is 481 g/mol. The molecule has 2 rings (SSSR count). The minimum absolute atomic E-state index is 0. The molecule has 0 amide bonds. The van der Waals surface area contributed by atoms with E-state index >= 15 is 0 Å². The third-order valence-corrected chi connectivity index (χ3v) is 5.31. The molecule has 1 aromatic heterocycles. The molecule has 1 aliphatic heterocycles. The lowest BCUT2D eigenvalue weighted by molar-refractivity contribution is 0.0220. The highest BCUT2D eigenvalue weighted by Gasteiger charge is 2.16. The predicted octanol–water partition coefficient (Wildman–Crippen LogP) is 2.14. The Kier molecular flexibility index (Phi) is 11.6. The Morgan fingerprint density at radius 2 is 2.12 bits per heavy atom. The maximum Gasteiger partial charge on any atom is 0.191 e. The zero-order valence-corrected chi connectivity index (χ0v) is 18.7. The third-order valence-electron chi connectivity index (χ3n) is 4.11. The molecule has 1 unspecified atom stereocenters. The Bertz CT molecular complexity index is 505.